The van der Waals surface area contributed by atoms with Crippen LogP contribution in [0.25, 0.3) is 0 Å². The van der Waals surface area contributed by atoms with Gasteiger partial charge < -0.3 is 9.53 Å². The minimum Gasteiger partial charge on any atom is -0.497 e. The molecule has 0 N–H and O–H groups in total. The first-order chi connectivity index (χ1) is 8.31. The van der Waals surface area contributed by atoms with E-state index in [0.717, 1.165) is 30.4 Å². The third-order valence-corrected chi connectivity index (χ3v) is 3.08. The molecule has 1 atom stereocenters. The van der Waals surface area contributed by atoms with Crippen molar-refractivity contribution in [1.29, 1.82) is 0 Å². The van der Waals surface area contributed by atoms with Crippen molar-refractivity contribution >= 4 is 6.29 Å². The molecule has 2 nitrogen and oxygen atoms in total. The average Bonchev–Trinajstić information content (AvgIpc) is 2.39. The van der Waals surface area contributed by atoms with Crippen LogP contribution in [-0.4, -0.2) is 13.4 Å². The summed E-state index contributed by atoms with van der Waals surface area (Å²) in [6, 6.07) is 7.80. The number of carbonyl (C=O) groups excluding carboxylic acids is 1. The van der Waals surface area contributed by atoms with Crippen molar-refractivity contribution in [2.24, 2.45) is 0 Å². The van der Waals surface area contributed by atoms with E-state index >= 15 is 0 Å². The maximum atomic E-state index is 11.1. The van der Waals surface area contributed by atoms with E-state index in [4.69, 9.17) is 4.74 Å². The number of ether oxygens (including phenoxy) is 1. The summed E-state index contributed by atoms with van der Waals surface area (Å²) >= 11 is 0. The molecule has 0 unspecified atom stereocenters. The number of rotatable bonds is 8. The third kappa shape index (κ3) is 4.59. The van der Waals surface area contributed by atoms with Crippen LogP contribution in [0.3, 0.4) is 0 Å². The Kier molecular flexibility index (Phi) is 6.38. The Labute approximate surface area is 104 Å². The highest BCUT2D eigenvalue weighted by atomic mass is 16.5. The Bertz CT molecular complexity index is 316. The maximum absolute atomic E-state index is 11.1. The van der Waals surface area contributed by atoms with Gasteiger partial charge >= 0.3 is 0 Å². The highest BCUT2D eigenvalue weighted by Gasteiger charge is 2.09. The Balaban J connectivity index is 2.50. The van der Waals surface area contributed by atoms with Gasteiger partial charge in [-0.15, -0.1) is 0 Å². The monoisotopic (exact) mass is 234 g/mol. The van der Waals surface area contributed by atoms with E-state index in [-0.39, 0.29) is 5.92 Å². The fourth-order valence-electron chi connectivity index (χ4n) is 1.96. The molecule has 0 heterocycles. The summed E-state index contributed by atoms with van der Waals surface area (Å²) in [6.45, 7) is 2.20. The first-order valence-electron chi connectivity index (χ1n) is 6.41. The van der Waals surface area contributed by atoms with Crippen LogP contribution in [0.1, 0.15) is 50.5 Å². The fraction of sp³-hybridized carbons (Fsp3) is 0.533. The molecule has 17 heavy (non-hydrogen) atoms. The van der Waals surface area contributed by atoms with Gasteiger partial charge in [-0.05, 0) is 24.1 Å². The van der Waals surface area contributed by atoms with Gasteiger partial charge in [-0.3, -0.25) is 0 Å². The fourth-order valence-corrected chi connectivity index (χ4v) is 1.96. The quantitative estimate of drug-likeness (QED) is 0.503. The van der Waals surface area contributed by atoms with E-state index < -0.39 is 0 Å². The van der Waals surface area contributed by atoms with E-state index in [2.05, 4.69) is 6.92 Å². The summed E-state index contributed by atoms with van der Waals surface area (Å²) in [5, 5.41) is 0. The lowest BCUT2D eigenvalue weighted by molar-refractivity contribution is -0.109. The van der Waals surface area contributed by atoms with E-state index in [9.17, 15) is 4.79 Å². The molecule has 0 fully saturated rings. The Morgan fingerprint density at radius 2 is 1.88 bits per heavy atom. The zero-order valence-electron chi connectivity index (χ0n) is 10.8. The van der Waals surface area contributed by atoms with E-state index in [0.29, 0.717) is 0 Å². The molecule has 0 radical (unpaired) electrons. The van der Waals surface area contributed by atoms with Crippen LogP contribution in [0.15, 0.2) is 24.3 Å². The van der Waals surface area contributed by atoms with Crippen LogP contribution < -0.4 is 4.74 Å². The second-order valence-electron chi connectivity index (χ2n) is 4.37. The molecule has 1 rings (SSSR count). The van der Waals surface area contributed by atoms with Crippen molar-refractivity contribution in [3.05, 3.63) is 29.8 Å². The topological polar surface area (TPSA) is 26.3 Å². The molecule has 0 aromatic heterocycles. The molecule has 0 bridgehead atoms. The predicted octanol–water partition coefficient (Wildman–Crippen LogP) is 3.95. The minimum atomic E-state index is 0.0396. The van der Waals surface area contributed by atoms with E-state index in [1.54, 1.807) is 7.11 Å². The molecule has 0 saturated heterocycles. The Hall–Kier alpha value is -1.31. The number of benzene rings is 1. The smallest absolute Gasteiger partial charge is 0.127 e. The SMILES string of the molecule is CCCCCC[C@H](C=O)c1ccc(OC)cc1. The van der Waals surface area contributed by atoms with Gasteiger partial charge in [-0.2, -0.15) is 0 Å². The lowest BCUT2D eigenvalue weighted by Gasteiger charge is -2.11. The molecule has 0 aliphatic carbocycles. The van der Waals surface area contributed by atoms with Gasteiger partial charge in [0.15, 0.2) is 0 Å². The first kappa shape index (κ1) is 13.8. The Morgan fingerprint density at radius 1 is 1.18 bits per heavy atom. The molecule has 2 heteroatoms. The largest absolute Gasteiger partial charge is 0.497 e. The number of aldehydes is 1. The van der Waals surface area contributed by atoms with E-state index in [1.807, 2.05) is 24.3 Å². The zero-order valence-corrected chi connectivity index (χ0v) is 10.8. The van der Waals surface area contributed by atoms with Gasteiger partial charge in [-0.1, -0.05) is 44.7 Å². The highest BCUT2D eigenvalue weighted by Crippen LogP contribution is 2.23. The van der Waals surface area contributed by atoms with Gasteiger partial charge in [0, 0.05) is 5.92 Å². The number of carbonyl (C=O) groups is 1. The van der Waals surface area contributed by atoms with E-state index in [1.165, 1.54) is 19.3 Å². The second-order valence-corrected chi connectivity index (χ2v) is 4.37. The standard InChI is InChI=1S/C15H22O2/c1-3-4-5-6-7-14(12-16)13-8-10-15(17-2)11-9-13/h8-12,14H,3-7H2,1-2H3/t14-/m1/s1. The first-order valence-corrected chi connectivity index (χ1v) is 6.41. The zero-order chi connectivity index (χ0) is 12.5. The summed E-state index contributed by atoms with van der Waals surface area (Å²) in [4.78, 5) is 11.1. The number of methoxy groups -OCH3 is 1. The van der Waals surface area contributed by atoms with Gasteiger partial charge in [0.2, 0.25) is 0 Å². The van der Waals surface area contributed by atoms with Gasteiger partial charge in [-0.25, -0.2) is 0 Å². The molecule has 0 aliphatic heterocycles. The van der Waals surface area contributed by atoms with Crippen molar-refractivity contribution in [2.45, 2.75) is 44.9 Å². The molecule has 0 aliphatic rings. The number of hydrogen-bond donors (Lipinski definition) is 0. The maximum Gasteiger partial charge on any atom is 0.127 e. The summed E-state index contributed by atoms with van der Waals surface area (Å²) in [7, 11) is 1.65. The third-order valence-electron chi connectivity index (χ3n) is 3.08. The predicted molar refractivity (Wildman–Crippen MR) is 70.6 cm³/mol. The molecular formula is C15H22O2. The number of unbranched alkanes of at least 4 members (excludes halogenated alkanes) is 3. The minimum absolute atomic E-state index is 0.0396. The molecule has 0 amide bonds. The van der Waals surface area contributed by atoms with Crippen LogP contribution in [0.4, 0.5) is 0 Å². The lowest BCUT2D eigenvalue weighted by atomic mass is 9.94. The van der Waals surface area contributed by atoms with Crippen LogP contribution in [0, 0.1) is 0 Å². The molecule has 1 aromatic carbocycles. The summed E-state index contributed by atoms with van der Waals surface area (Å²) in [5.41, 5.74) is 1.09. The van der Waals surface area contributed by atoms with Crippen molar-refractivity contribution in [1.82, 2.24) is 0 Å². The van der Waals surface area contributed by atoms with Crippen LogP contribution >= 0.6 is 0 Å². The van der Waals surface area contributed by atoms with Crippen LogP contribution in [0.2, 0.25) is 0 Å². The molecular weight excluding hydrogens is 212 g/mol. The normalized spacial score (nSPS) is 12.1. The summed E-state index contributed by atoms with van der Waals surface area (Å²) in [5.74, 6) is 0.877. The van der Waals surface area contributed by atoms with Crippen molar-refractivity contribution in [2.75, 3.05) is 7.11 Å². The Morgan fingerprint density at radius 3 is 2.41 bits per heavy atom. The van der Waals surface area contributed by atoms with Crippen molar-refractivity contribution in [3.8, 4) is 5.75 Å². The molecule has 94 valence electrons. The van der Waals surface area contributed by atoms with Crippen LogP contribution in [-0.2, 0) is 4.79 Å². The molecule has 1 aromatic rings. The van der Waals surface area contributed by atoms with Gasteiger partial charge in [0.1, 0.15) is 12.0 Å². The number of hydrogen-bond acceptors (Lipinski definition) is 2. The van der Waals surface area contributed by atoms with Crippen molar-refractivity contribution < 1.29 is 9.53 Å². The molecule has 0 spiro atoms. The lowest BCUT2D eigenvalue weighted by Crippen LogP contribution is -2.00. The van der Waals surface area contributed by atoms with Gasteiger partial charge in [0.05, 0.1) is 7.11 Å². The van der Waals surface area contributed by atoms with Crippen LogP contribution in [0.5, 0.6) is 5.75 Å². The highest BCUT2D eigenvalue weighted by molar-refractivity contribution is 5.62. The average molecular weight is 234 g/mol. The summed E-state index contributed by atoms with van der Waals surface area (Å²) < 4.78 is 5.11. The van der Waals surface area contributed by atoms with Crippen molar-refractivity contribution in [3.63, 3.8) is 0 Å². The van der Waals surface area contributed by atoms with Gasteiger partial charge in [0.25, 0.3) is 0 Å². The molecule has 0 saturated carbocycles. The second kappa shape index (κ2) is 7.88. The summed E-state index contributed by atoms with van der Waals surface area (Å²) in [6.07, 6.45) is 6.85.